The van der Waals surface area contributed by atoms with E-state index in [-0.39, 0.29) is 6.61 Å². The van der Waals surface area contributed by atoms with Crippen molar-refractivity contribution in [1.29, 1.82) is 0 Å². The number of nitrogens with zero attached hydrogens (tertiary/aromatic N) is 3. The molecule has 0 aromatic heterocycles. The summed E-state index contributed by atoms with van der Waals surface area (Å²) in [7, 11) is 0. The molecule has 0 unspecified atom stereocenters. The number of piperazine rings is 1. The van der Waals surface area contributed by atoms with Crippen molar-refractivity contribution in [2.75, 3.05) is 52.4 Å². The van der Waals surface area contributed by atoms with Gasteiger partial charge in [0.1, 0.15) is 0 Å². The Kier molecular flexibility index (Phi) is 5.85. The maximum Gasteiger partial charge on any atom is 0.0558 e. The van der Waals surface area contributed by atoms with Gasteiger partial charge in [0.05, 0.1) is 6.61 Å². The second-order valence-electron chi connectivity index (χ2n) is 7.75. The van der Waals surface area contributed by atoms with E-state index in [0.29, 0.717) is 0 Å². The Bertz CT molecular complexity index is 698. The minimum Gasteiger partial charge on any atom is -0.395 e. The van der Waals surface area contributed by atoms with E-state index in [4.69, 9.17) is 5.11 Å². The summed E-state index contributed by atoms with van der Waals surface area (Å²) in [5.74, 6) is 0. The van der Waals surface area contributed by atoms with Gasteiger partial charge >= 0.3 is 0 Å². The number of aliphatic hydroxyl groups is 1. The van der Waals surface area contributed by atoms with Crippen LogP contribution in [0.2, 0.25) is 0 Å². The van der Waals surface area contributed by atoms with Gasteiger partial charge < -0.3 is 5.11 Å². The fraction of sp³-hybridized carbons (Fsp3) is 0.545. The van der Waals surface area contributed by atoms with Gasteiger partial charge in [-0.25, -0.2) is 0 Å². The Morgan fingerprint density at radius 3 is 2.31 bits per heavy atom. The molecule has 140 valence electrons. The van der Waals surface area contributed by atoms with Crippen LogP contribution in [0.1, 0.15) is 18.4 Å². The second kappa shape index (κ2) is 8.49. The predicted molar refractivity (Wildman–Crippen MR) is 107 cm³/mol. The van der Waals surface area contributed by atoms with Crippen molar-refractivity contribution in [2.45, 2.75) is 25.4 Å². The highest BCUT2D eigenvalue weighted by atomic mass is 16.3. The van der Waals surface area contributed by atoms with Gasteiger partial charge in [-0.3, -0.25) is 14.7 Å². The maximum absolute atomic E-state index is 9.09. The summed E-state index contributed by atoms with van der Waals surface area (Å²) in [5, 5.41) is 11.8. The zero-order chi connectivity index (χ0) is 17.8. The smallest absolute Gasteiger partial charge is 0.0558 e. The van der Waals surface area contributed by atoms with E-state index in [2.05, 4.69) is 57.2 Å². The molecule has 2 aliphatic heterocycles. The fourth-order valence-electron chi connectivity index (χ4n) is 4.61. The molecule has 2 aliphatic rings. The second-order valence-corrected chi connectivity index (χ2v) is 7.75. The fourth-order valence-corrected chi connectivity index (χ4v) is 4.61. The number of β-amino-alcohol motifs (C(OH)–C–C–N with tert-alkyl or cyclic N) is 1. The van der Waals surface area contributed by atoms with Gasteiger partial charge in [-0.15, -0.1) is 0 Å². The summed E-state index contributed by atoms with van der Waals surface area (Å²) in [6.45, 7) is 9.12. The molecule has 0 saturated carbocycles. The molecule has 4 nitrogen and oxygen atoms in total. The number of likely N-dealkylation sites (tertiary alicyclic amines) is 1. The van der Waals surface area contributed by atoms with E-state index in [1.165, 1.54) is 42.3 Å². The Balaban J connectivity index is 1.30. The minimum absolute atomic E-state index is 0.284. The average molecular weight is 354 g/mol. The molecule has 26 heavy (non-hydrogen) atoms. The molecule has 0 amide bonds. The predicted octanol–water partition coefficient (Wildman–Crippen LogP) is 2.41. The molecule has 2 aromatic carbocycles. The molecule has 2 saturated heterocycles. The first-order chi connectivity index (χ1) is 12.8. The van der Waals surface area contributed by atoms with E-state index in [1.807, 2.05) is 0 Å². The summed E-state index contributed by atoms with van der Waals surface area (Å²) in [5.41, 5.74) is 1.46. The van der Waals surface area contributed by atoms with Crippen LogP contribution in [-0.4, -0.2) is 78.3 Å². The van der Waals surface area contributed by atoms with Crippen molar-refractivity contribution in [3.8, 4) is 0 Å². The van der Waals surface area contributed by atoms with E-state index < -0.39 is 0 Å². The van der Waals surface area contributed by atoms with Crippen molar-refractivity contribution in [3.05, 3.63) is 48.0 Å². The molecule has 0 atom stereocenters. The normalized spacial score (nSPS) is 21.4. The number of benzene rings is 2. The van der Waals surface area contributed by atoms with Crippen LogP contribution in [0.5, 0.6) is 0 Å². The van der Waals surface area contributed by atoms with Crippen LogP contribution in [-0.2, 0) is 6.54 Å². The van der Waals surface area contributed by atoms with Crippen molar-refractivity contribution in [1.82, 2.24) is 14.7 Å². The lowest BCUT2D eigenvalue weighted by Gasteiger charge is -2.42. The zero-order valence-electron chi connectivity index (χ0n) is 15.7. The van der Waals surface area contributed by atoms with Crippen LogP contribution >= 0.6 is 0 Å². The number of hydrogen-bond donors (Lipinski definition) is 1. The number of hydrogen-bond acceptors (Lipinski definition) is 4. The minimum atomic E-state index is 0.284. The Morgan fingerprint density at radius 2 is 1.54 bits per heavy atom. The molecule has 4 rings (SSSR count). The third-order valence-electron chi connectivity index (χ3n) is 6.17. The third kappa shape index (κ3) is 4.09. The molecule has 2 fully saturated rings. The Hall–Kier alpha value is -1.46. The third-order valence-corrected chi connectivity index (χ3v) is 6.17. The maximum atomic E-state index is 9.09. The van der Waals surface area contributed by atoms with Crippen LogP contribution in [0.4, 0.5) is 0 Å². The molecule has 1 N–H and O–H groups in total. The standard InChI is InChI=1S/C22H31N3O/c26-17-16-23-12-14-25(15-13-23)21-8-10-24(11-9-21)18-20-6-3-5-19-4-1-2-7-22(19)20/h1-7,21,26H,8-18H2. The lowest BCUT2D eigenvalue weighted by molar-refractivity contribution is 0.0517. The first-order valence-corrected chi connectivity index (χ1v) is 10.1. The summed E-state index contributed by atoms with van der Waals surface area (Å²) in [6.07, 6.45) is 2.57. The molecule has 2 heterocycles. The van der Waals surface area contributed by atoms with E-state index >= 15 is 0 Å². The molecule has 4 heteroatoms. The van der Waals surface area contributed by atoms with Crippen LogP contribution in [0, 0.1) is 0 Å². The number of fused-ring (bicyclic) bond motifs is 1. The van der Waals surface area contributed by atoms with Crippen molar-refractivity contribution >= 4 is 10.8 Å². The highest BCUT2D eigenvalue weighted by Crippen LogP contribution is 2.23. The number of rotatable bonds is 5. The molecular formula is C22H31N3O. The van der Waals surface area contributed by atoms with Crippen LogP contribution in [0.3, 0.4) is 0 Å². The van der Waals surface area contributed by atoms with E-state index in [9.17, 15) is 0 Å². The largest absolute Gasteiger partial charge is 0.395 e. The molecule has 2 aromatic rings. The van der Waals surface area contributed by atoms with Gasteiger partial charge in [-0.05, 0) is 42.3 Å². The number of piperidine rings is 1. The summed E-state index contributed by atoms with van der Waals surface area (Å²) < 4.78 is 0. The molecule has 0 radical (unpaired) electrons. The van der Waals surface area contributed by atoms with Gasteiger partial charge in [-0.2, -0.15) is 0 Å². The summed E-state index contributed by atoms with van der Waals surface area (Å²) >= 11 is 0. The van der Waals surface area contributed by atoms with Crippen molar-refractivity contribution < 1.29 is 5.11 Å². The molecule has 0 bridgehead atoms. The summed E-state index contributed by atoms with van der Waals surface area (Å²) in [4.78, 5) is 7.69. The van der Waals surface area contributed by atoms with Gasteiger partial charge in [0.25, 0.3) is 0 Å². The van der Waals surface area contributed by atoms with Gasteiger partial charge in [-0.1, -0.05) is 42.5 Å². The van der Waals surface area contributed by atoms with Gasteiger partial charge in [0.2, 0.25) is 0 Å². The zero-order valence-corrected chi connectivity index (χ0v) is 15.7. The summed E-state index contributed by atoms with van der Waals surface area (Å²) in [6, 6.07) is 16.2. The quantitative estimate of drug-likeness (QED) is 0.894. The van der Waals surface area contributed by atoms with Crippen LogP contribution < -0.4 is 0 Å². The van der Waals surface area contributed by atoms with Crippen LogP contribution in [0.15, 0.2) is 42.5 Å². The van der Waals surface area contributed by atoms with Crippen molar-refractivity contribution in [2.24, 2.45) is 0 Å². The monoisotopic (exact) mass is 353 g/mol. The first kappa shape index (κ1) is 17.9. The van der Waals surface area contributed by atoms with E-state index in [1.54, 1.807) is 0 Å². The topological polar surface area (TPSA) is 30.0 Å². The molecular weight excluding hydrogens is 322 g/mol. The van der Waals surface area contributed by atoms with Crippen LogP contribution in [0.25, 0.3) is 10.8 Å². The molecule has 0 spiro atoms. The van der Waals surface area contributed by atoms with Crippen molar-refractivity contribution in [3.63, 3.8) is 0 Å². The Labute approximate surface area is 157 Å². The lowest BCUT2D eigenvalue weighted by atomic mass is 10.00. The number of aliphatic hydroxyl groups excluding tert-OH is 1. The SMILES string of the molecule is OCCN1CCN(C2CCN(Cc3cccc4ccccc34)CC2)CC1. The van der Waals surface area contributed by atoms with Gasteiger partial charge in [0.15, 0.2) is 0 Å². The first-order valence-electron chi connectivity index (χ1n) is 10.1. The highest BCUT2D eigenvalue weighted by Gasteiger charge is 2.27. The van der Waals surface area contributed by atoms with Gasteiger partial charge in [0, 0.05) is 45.3 Å². The van der Waals surface area contributed by atoms with E-state index in [0.717, 1.165) is 45.3 Å². The highest BCUT2D eigenvalue weighted by molar-refractivity contribution is 5.85. The average Bonchev–Trinajstić information content (AvgIpc) is 2.70. The molecule has 0 aliphatic carbocycles. The lowest BCUT2D eigenvalue weighted by Crippen LogP contribution is -2.53. The Morgan fingerprint density at radius 1 is 0.808 bits per heavy atom.